The number of carbonyl (C=O) groups excluding carboxylic acids is 2. The Balaban J connectivity index is 1.59. The van der Waals surface area contributed by atoms with Crippen LogP contribution in [0.4, 0.5) is 5.69 Å². The van der Waals surface area contributed by atoms with Crippen molar-refractivity contribution < 1.29 is 14.0 Å². The van der Waals surface area contributed by atoms with Crippen LogP contribution in [0.5, 0.6) is 0 Å². The molecule has 7 nitrogen and oxygen atoms in total. The summed E-state index contributed by atoms with van der Waals surface area (Å²) in [5.41, 5.74) is 2.31. The van der Waals surface area contributed by atoms with Gasteiger partial charge in [-0.05, 0) is 37.6 Å². The lowest BCUT2D eigenvalue weighted by molar-refractivity contribution is -0.122. The summed E-state index contributed by atoms with van der Waals surface area (Å²) < 4.78 is 5.22. The van der Waals surface area contributed by atoms with Gasteiger partial charge in [0.2, 0.25) is 11.8 Å². The minimum Gasteiger partial charge on any atom is -0.463 e. The number of benzene rings is 1. The molecule has 1 atom stereocenters. The molecule has 2 aromatic rings. The molecule has 0 bridgehead atoms. The smallest absolute Gasteiger partial charge is 0.240 e. The molecular weight excluding hydrogens is 352 g/mol. The number of amides is 2. The van der Waals surface area contributed by atoms with Gasteiger partial charge in [0, 0.05) is 12.1 Å². The van der Waals surface area contributed by atoms with Crippen molar-refractivity contribution in [2.75, 3.05) is 5.32 Å². The van der Waals surface area contributed by atoms with E-state index in [4.69, 9.17) is 4.42 Å². The van der Waals surface area contributed by atoms with Crippen LogP contribution in [-0.4, -0.2) is 27.9 Å². The predicted molar refractivity (Wildman–Crippen MR) is 102 cm³/mol. The highest BCUT2D eigenvalue weighted by molar-refractivity contribution is 8.15. The van der Waals surface area contributed by atoms with Crippen LogP contribution in [0.1, 0.15) is 24.7 Å². The Hall–Kier alpha value is -2.87. The van der Waals surface area contributed by atoms with Gasteiger partial charge in [-0.15, -0.1) is 10.2 Å². The molecule has 0 spiro atoms. The minimum absolute atomic E-state index is 0.0603. The van der Waals surface area contributed by atoms with Gasteiger partial charge >= 0.3 is 0 Å². The Kier molecular flexibility index (Phi) is 5.52. The predicted octanol–water partition coefficient (Wildman–Crippen LogP) is 2.93. The Labute approximate surface area is 155 Å². The highest BCUT2D eigenvalue weighted by Crippen LogP contribution is 2.23. The van der Waals surface area contributed by atoms with E-state index in [1.807, 2.05) is 31.2 Å². The molecule has 1 aromatic carbocycles. The Morgan fingerprint density at radius 1 is 1.31 bits per heavy atom. The summed E-state index contributed by atoms with van der Waals surface area (Å²) in [7, 11) is 0. The molecule has 0 saturated carbocycles. The average molecular weight is 370 g/mol. The molecule has 134 valence electrons. The Bertz CT molecular complexity index is 874. The van der Waals surface area contributed by atoms with Gasteiger partial charge in [0.15, 0.2) is 5.17 Å². The topological polar surface area (TPSA) is 96.1 Å². The third-order valence-corrected chi connectivity index (χ3v) is 4.81. The van der Waals surface area contributed by atoms with Crippen LogP contribution in [0.25, 0.3) is 0 Å². The van der Waals surface area contributed by atoms with Crippen LogP contribution in [0.15, 0.2) is 57.3 Å². The number of thioether (sulfide) groups is 1. The van der Waals surface area contributed by atoms with Gasteiger partial charge in [-0.3, -0.25) is 9.59 Å². The zero-order valence-corrected chi connectivity index (χ0v) is 15.2. The SMILES string of the molecule is C/C(=N/N=C1\NC(=O)[C@H](CC(=O)Nc2ccccc2C)S1)c1ccco1. The number of rotatable bonds is 5. The minimum atomic E-state index is -0.531. The van der Waals surface area contributed by atoms with Crippen molar-refractivity contribution in [3.8, 4) is 0 Å². The lowest BCUT2D eigenvalue weighted by Gasteiger charge is -2.09. The van der Waals surface area contributed by atoms with Crippen molar-refractivity contribution in [2.24, 2.45) is 10.2 Å². The second-order valence-electron chi connectivity index (χ2n) is 5.73. The van der Waals surface area contributed by atoms with Gasteiger partial charge in [-0.2, -0.15) is 0 Å². The number of anilines is 1. The summed E-state index contributed by atoms with van der Waals surface area (Å²) in [6, 6.07) is 11.0. The number of carbonyl (C=O) groups is 2. The summed E-state index contributed by atoms with van der Waals surface area (Å²) in [6.45, 7) is 3.67. The molecule has 1 aliphatic rings. The molecule has 1 aliphatic heterocycles. The van der Waals surface area contributed by atoms with E-state index in [2.05, 4.69) is 20.8 Å². The molecular formula is C18H18N4O3S. The average Bonchev–Trinajstić information content (AvgIpc) is 3.25. The fourth-order valence-corrected chi connectivity index (χ4v) is 3.24. The molecule has 1 saturated heterocycles. The van der Waals surface area contributed by atoms with E-state index in [0.29, 0.717) is 16.6 Å². The van der Waals surface area contributed by atoms with Crippen LogP contribution in [0, 0.1) is 6.92 Å². The summed E-state index contributed by atoms with van der Waals surface area (Å²) in [4.78, 5) is 24.3. The van der Waals surface area contributed by atoms with Crippen molar-refractivity contribution in [1.29, 1.82) is 0 Å². The van der Waals surface area contributed by atoms with E-state index >= 15 is 0 Å². The van der Waals surface area contributed by atoms with Crippen LogP contribution in [0.2, 0.25) is 0 Å². The normalized spacial score (nSPS) is 18.8. The van der Waals surface area contributed by atoms with Crippen LogP contribution in [0.3, 0.4) is 0 Å². The molecule has 2 N–H and O–H groups in total. The van der Waals surface area contributed by atoms with Gasteiger partial charge in [0.25, 0.3) is 0 Å². The molecule has 1 fully saturated rings. The zero-order valence-electron chi connectivity index (χ0n) is 14.4. The molecule has 2 amide bonds. The highest BCUT2D eigenvalue weighted by atomic mass is 32.2. The first-order valence-electron chi connectivity index (χ1n) is 8.02. The summed E-state index contributed by atoms with van der Waals surface area (Å²) >= 11 is 1.19. The van der Waals surface area contributed by atoms with Crippen molar-refractivity contribution >= 4 is 40.1 Å². The first-order valence-corrected chi connectivity index (χ1v) is 8.90. The Morgan fingerprint density at radius 2 is 2.12 bits per heavy atom. The van der Waals surface area contributed by atoms with Crippen molar-refractivity contribution in [3.05, 3.63) is 54.0 Å². The summed E-state index contributed by atoms with van der Waals surface area (Å²) in [6.07, 6.45) is 1.61. The maximum Gasteiger partial charge on any atom is 0.240 e. The van der Waals surface area contributed by atoms with Crippen molar-refractivity contribution in [2.45, 2.75) is 25.5 Å². The molecule has 0 unspecified atom stereocenters. The molecule has 2 heterocycles. The molecule has 0 radical (unpaired) electrons. The van der Waals surface area contributed by atoms with Crippen LogP contribution in [-0.2, 0) is 9.59 Å². The van der Waals surface area contributed by atoms with Crippen LogP contribution >= 0.6 is 11.8 Å². The monoisotopic (exact) mass is 370 g/mol. The van der Waals surface area contributed by atoms with Gasteiger partial charge in [0.05, 0.1) is 6.26 Å². The fraction of sp³-hybridized carbons (Fsp3) is 0.222. The summed E-state index contributed by atoms with van der Waals surface area (Å²) in [5, 5.41) is 13.4. The number of hydrogen-bond donors (Lipinski definition) is 2. The molecule has 1 aromatic heterocycles. The molecule has 8 heteroatoms. The third kappa shape index (κ3) is 4.40. The second-order valence-corrected chi connectivity index (χ2v) is 6.92. The Morgan fingerprint density at radius 3 is 2.85 bits per heavy atom. The molecule has 3 rings (SSSR count). The lowest BCUT2D eigenvalue weighted by atomic mass is 10.2. The number of nitrogens with one attached hydrogen (secondary N) is 2. The van der Waals surface area contributed by atoms with E-state index in [0.717, 1.165) is 11.3 Å². The van der Waals surface area contributed by atoms with E-state index in [9.17, 15) is 9.59 Å². The van der Waals surface area contributed by atoms with Gasteiger partial charge < -0.3 is 15.1 Å². The quantitative estimate of drug-likeness (QED) is 0.625. The van der Waals surface area contributed by atoms with Gasteiger partial charge in [-0.25, -0.2) is 0 Å². The lowest BCUT2D eigenvalue weighted by Crippen LogP contribution is -2.28. The van der Waals surface area contributed by atoms with Crippen molar-refractivity contribution in [1.82, 2.24) is 5.32 Å². The number of amidine groups is 1. The van der Waals surface area contributed by atoms with E-state index in [-0.39, 0.29) is 18.2 Å². The molecule has 26 heavy (non-hydrogen) atoms. The van der Waals surface area contributed by atoms with Gasteiger partial charge in [0.1, 0.15) is 16.7 Å². The number of furan rings is 1. The second kappa shape index (κ2) is 8.01. The first-order chi connectivity index (χ1) is 12.5. The van der Waals surface area contributed by atoms with Gasteiger partial charge in [-0.1, -0.05) is 30.0 Å². The maximum absolute atomic E-state index is 12.2. The zero-order chi connectivity index (χ0) is 18.5. The summed E-state index contributed by atoms with van der Waals surface area (Å²) in [5.74, 6) is 0.140. The largest absolute Gasteiger partial charge is 0.463 e. The first kappa shape index (κ1) is 17.9. The third-order valence-electron chi connectivity index (χ3n) is 3.73. The molecule has 0 aliphatic carbocycles. The number of aryl methyl sites for hydroxylation is 1. The van der Waals surface area contributed by atoms with E-state index < -0.39 is 5.25 Å². The van der Waals surface area contributed by atoms with Crippen molar-refractivity contribution in [3.63, 3.8) is 0 Å². The fourth-order valence-electron chi connectivity index (χ4n) is 2.32. The van der Waals surface area contributed by atoms with Crippen LogP contribution < -0.4 is 10.6 Å². The van der Waals surface area contributed by atoms with E-state index in [1.165, 1.54) is 11.8 Å². The number of nitrogens with zero attached hydrogens (tertiary/aromatic N) is 2. The highest BCUT2D eigenvalue weighted by Gasteiger charge is 2.32. The standard InChI is InChI=1S/C18H18N4O3S/c1-11-6-3-4-7-13(11)19-16(23)10-15-17(24)20-18(26-15)22-21-12(2)14-8-5-9-25-14/h3-9,15H,10H2,1-2H3,(H,19,23)(H,20,22,24)/b21-12-/t15-/m0/s1. The maximum atomic E-state index is 12.2. The van der Waals surface area contributed by atoms with E-state index in [1.54, 1.807) is 25.3 Å². The number of hydrogen-bond acceptors (Lipinski definition) is 6. The number of para-hydroxylation sites is 1.